The Balaban J connectivity index is 1.92. The first-order valence-electron chi connectivity index (χ1n) is 7.34. The van der Waals surface area contributed by atoms with Crippen molar-refractivity contribution in [1.82, 2.24) is 16.2 Å². The molecule has 2 aromatic rings. The minimum atomic E-state index is -0.467. The van der Waals surface area contributed by atoms with E-state index in [1.165, 1.54) is 26.4 Å². The van der Waals surface area contributed by atoms with Crippen LogP contribution in [0.5, 0.6) is 11.5 Å². The van der Waals surface area contributed by atoms with Crippen molar-refractivity contribution >= 4 is 40.7 Å². The number of hydrogen-bond donors (Lipinski definition) is 3. The van der Waals surface area contributed by atoms with Gasteiger partial charge in [0.2, 0.25) is 0 Å². The molecule has 26 heavy (non-hydrogen) atoms. The van der Waals surface area contributed by atoms with Crippen molar-refractivity contribution in [2.75, 3.05) is 14.2 Å². The van der Waals surface area contributed by atoms with Crippen LogP contribution in [-0.2, 0) is 0 Å². The molecule has 0 radical (unpaired) electrons. The highest BCUT2D eigenvalue weighted by Gasteiger charge is 2.12. The first kappa shape index (κ1) is 19.5. The Bertz CT molecular complexity index is 845. The molecule has 2 amide bonds. The summed E-state index contributed by atoms with van der Waals surface area (Å²) in [7, 11) is 2.97. The third-order valence-corrected chi connectivity index (χ3v) is 3.69. The van der Waals surface area contributed by atoms with Crippen LogP contribution in [0.4, 0.5) is 0 Å². The van der Waals surface area contributed by atoms with Crippen LogP contribution in [0.15, 0.2) is 42.5 Å². The van der Waals surface area contributed by atoms with Crippen LogP contribution in [0.1, 0.15) is 20.7 Å². The Morgan fingerprint density at radius 1 is 0.923 bits per heavy atom. The maximum atomic E-state index is 12.2. The summed E-state index contributed by atoms with van der Waals surface area (Å²) in [6.07, 6.45) is 0. The molecule has 3 N–H and O–H groups in total. The van der Waals surface area contributed by atoms with E-state index in [1.807, 2.05) is 0 Å². The summed E-state index contributed by atoms with van der Waals surface area (Å²) in [6.45, 7) is 0. The van der Waals surface area contributed by atoms with Crippen molar-refractivity contribution in [2.24, 2.45) is 0 Å². The predicted octanol–water partition coefficient (Wildman–Crippen LogP) is 2.31. The highest BCUT2D eigenvalue weighted by Crippen LogP contribution is 2.27. The molecule has 0 heterocycles. The van der Waals surface area contributed by atoms with Crippen LogP contribution in [-0.4, -0.2) is 31.1 Å². The van der Waals surface area contributed by atoms with Gasteiger partial charge in [0.15, 0.2) is 16.6 Å². The largest absolute Gasteiger partial charge is 0.493 e. The van der Waals surface area contributed by atoms with Crippen molar-refractivity contribution in [3.8, 4) is 11.5 Å². The van der Waals surface area contributed by atoms with E-state index < -0.39 is 11.8 Å². The lowest BCUT2D eigenvalue weighted by Gasteiger charge is -2.12. The van der Waals surface area contributed by atoms with Crippen molar-refractivity contribution in [3.05, 3.63) is 58.6 Å². The summed E-state index contributed by atoms with van der Waals surface area (Å²) in [6, 6.07) is 11.1. The van der Waals surface area contributed by atoms with Crippen molar-refractivity contribution in [2.45, 2.75) is 0 Å². The maximum absolute atomic E-state index is 12.2. The highest BCUT2D eigenvalue weighted by atomic mass is 35.5. The van der Waals surface area contributed by atoms with Gasteiger partial charge in [-0.25, -0.2) is 0 Å². The molecule has 0 saturated carbocycles. The van der Waals surface area contributed by atoms with E-state index in [0.717, 1.165) is 0 Å². The second-order valence-electron chi connectivity index (χ2n) is 4.94. The lowest BCUT2D eigenvalue weighted by Crippen LogP contribution is -2.48. The third kappa shape index (κ3) is 5.08. The zero-order chi connectivity index (χ0) is 19.1. The molecule has 9 heteroatoms. The number of hydrazine groups is 1. The van der Waals surface area contributed by atoms with Crippen LogP contribution < -0.4 is 25.6 Å². The zero-order valence-electron chi connectivity index (χ0n) is 14.0. The molecule has 0 saturated heterocycles. The molecule has 0 aliphatic heterocycles. The Hall–Kier alpha value is -2.84. The number of nitrogens with one attached hydrogen (secondary N) is 3. The van der Waals surface area contributed by atoms with Gasteiger partial charge in [-0.05, 0) is 48.6 Å². The molecule has 0 fully saturated rings. The third-order valence-electron chi connectivity index (χ3n) is 3.25. The van der Waals surface area contributed by atoms with E-state index >= 15 is 0 Å². The fraction of sp³-hybridized carbons (Fsp3) is 0.118. The maximum Gasteiger partial charge on any atom is 0.269 e. The van der Waals surface area contributed by atoms with Gasteiger partial charge in [0.25, 0.3) is 11.8 Å². The van der Waals surface area contributed by atoms with Crippen LogP contribution in [0.3, 0.4) is 0 Å². The number of benzene rings is 2. The molecule has 0 aliphatic carbocycles. The van der Waals surface area contributed by atoms with Gasteiger partial charge in [-0.3, -0.25) is 25.8 Å². The Morgan fingerprint density at radius 2 is 1.62 bits per heavy atom. The van der Waals surface area contributed by atoms with Crippen LogP contribution in [0.2, 0.25) is 5.02 Å². The van der Waals surface area contributed by atoms with Crippen molar-refractivity contribution in [1.29, 1.82) is 0 Å². The zero-order valence-corrected chi connectivity index (χ0v) is 15.5. The molecule has 0 aromatic heterocycles. The molecule has 2 rings (SSSR count). The Labute approximate surface area is 160 Å². The predicted molar refractivity (Wildman–Crippen MR) is 102 cm³/mol. The first-order valence-corrected chi connectivity index (χ1v) is 8.12. The van der Waals surface area contributed by atoms with Gasteiger partial charge in [0.05, 0.1) is 14.2 Å². The Kier molecular flexibility index (Phi) is 6.76. The number of rotatable bonds is 4. The van der Waals surface area contributed by atoms with Gasteiger partial charge in [0, 0.05) is 16.1 Å². The number of carbonyl (C=O) groups excluding carboxylic acids is 2. The van der Waals surface area contributed by atoms with E-state index in [9.17, 15) is 9.59 Å². The number of thiocarbonyl (C=S) groups is 1. The number of ether oxygens (including phenoxy) is 2. The standard InChI is InChI=1S/C17H16ClN3O4S/c1-24-13-7-6-11(9-14(13)25-2)16(23)20-21-17(26)19-15(22)10-4-3-5-12(18)8-10/h3-9H,1-2H3,(H,20,23)(H2,19,21,22,26). The SMILES string of the molecule is COc1ccc(C(=O)NNC(=S)NC(=O)c2cccc(Cl)c2)cc1OC. The number of methoxy groups -OCH3 is 2. The lowest BCUT2D eigenvalue weighted by molar-refractivity contribution is 0.0934. The average molecular weight is 394 g/mol. The molecule has 0 spiro atoms. The lowest BCUT2D eigenvalue weighted by atomic mass is 10.2. The summed E-state index contributed by atoms with van der Waals surface area (Å²) >= 11 is 10.8. The molecule has 0 bridgehead atoms. The normalized spacial score (nSPS) is 9.81. The minimum absolute atomic E-state index is 0.0659. The molecule has 0 unspecified atom stereocenters. The van der Waals surface area contributed by atoms with Crippen molar-refractivity contribution in [3.63, 3.8) is 0 Å². The molecule has 0 aliphatic rings. The van der Waals surface area contributed by atoms with Gasteiger partial charge in [-0.1, -0.05) is 17.7 Å². The van der Waals surface area contributed by atoms with E-state index in [4.69, 9.17) is 33.3 Å². The number of carbonyl (C=O) groups is 2. The quantitative estimate of drug-likeness (QED) is 0.545. The molecule has 7 nitrogen and oxygen atoms in total. The van der Waals surface area contributed by atoms with Crippen LogP contribution >= 0.6 is 23.8 Å². The smallest absolute Gasteiger partial charge is 0.269 e. The molecule has 136 valence electrons. The van der Waals surface area contributed by atoms with Gasteiger partial charge >= 0.3 is 0 Å². The van der Waals surface area contributed by atoms with Gasteiger partial charge in [-0.2, -0.15) is 0 Å². The summed E-state index contributed by atoms with van der Waals surface area (Å²) in [5, 5.41) is 2.80. The summed E-state index contributed by atoms with van der Waals surface area (Å²) in [5.74, 6) is -0.00558. The summed E-state index contributed by atoms with van der Waals surface area (Å²) in [5.41, 5.74) is 5.50. The minimum Gasteiger partial charge on any atom is -0.493 e. The second-order valence-corrected chi connectivity index (χ2v) is 5.79. The molecular formula is C17H16ClN3O4S. The van der Waals surface area contributed by atoms with Crippen LogP contribution in [0, 0.1) is 0 Å². The monoisotopic (exact) mass is 393 g/mol. The highest BCUT2D eigenvalue weighted by molar-refractivity contribution is 7.80. The Morgan fingerprint density at radius 3 is 2.27 bits per heavy atom. The van der Waals surface area contributed by atoms with Crippen LogP contribution in [0.25, 0.3) is 0 Å². The van der Waals surface area contributed by atoms with E-state index in [1.54, 1.807) is 30.3 Å². The van der Waals surface area contributed by atoms with Crippen molar-refractivity contribution < 1.29 is 19.1 Å². The molecule has 0 atom stereocenters. The molecule has 2 aromatic carbocycles. The fourth-order valence-corrected chi connectivity index (χ4v) is 2.33. The number of amides is 2. The average Bonchev–Trinajstić information content (AvgIpc) is 2.65. The van der Waals surface area contributed by atoms with Gasteiger partial charge in [-0.15, -0.1) is 0 Å². The van der Waals surface area contributed by atoms with E-state index in [-0.39, 0.29) is 5.11 Å². The van der Waals surface area contributed by atoms with Gasteiger partial charge < -0.3 is 9.47 Å². The fourth-order valence-electron chi connectivity index (χ4n) is 2.00. The van der Waals surface area contributed by atoms with E-state index in [0.29, 0.717) is 27.6 Å². The molecular weight excluding hydrogens is 378 g/mol. The number of hydrogen-bond acceptors (Lipinski definition) is 5. The summed E-state index contributed by atoms with van der Waals surface area (Å²) in [4.78, 5) is 24.2. The van der Waals surface area contributed by atoms with Gasteiger partial charge in [0.1, 0.15) is 0 Å². The second kappa shape index (κ2) is 9.02. The van der Waals surface area contributed by atoms with E-state index in [2.05, 4.69) is 16.2 Å². The first-order chi connectivity index (χ1) is 12.4. The summed E-state index contributed by atoms with van der Waals surface area (Å²) < 4.78 is 10.3. The topological polar surface area (TPSA) is 88.7 Å². The number of halogens is 1.